The van der Waals surface area contributed by atoms with Crippen molar-refractivity contribution in [2.45, 2.75) is 0 Å². The fourth-order valence-corrected chi connectivity index (χ4v) is 15.6. The number of halogens is 1. The Morgan fingerprint density at radius 2 is 0.881 bits per heavy atom. The zero-order valence-corrected chi connectivity index (χ0v) is 33.1. The molecule has 0 saturated heterocycles. The first-order valence-corrected chi connectivity index (χ1v) is 22.3. The maximum absolute atomic E-state index is 14.5. The molecule has 3 aliphatic rings. The highest BCUT2D eigenvalue weighted by Crippen LogP contribution is 2.46. The third kappa shape index (κ3) is 4.92. The Balaban J connectivity index is 1.17. The molecule has 0 atom stereocenters. The van der Waals surface area contributed by atoms with Crippen LogP contribution in [0.25, 0.3) is 22.3 Å². The number of hydrogen-bond acceptors (Lipinski definition) is 2. The van der Waals surface area contributed by atoms with Crippen LogP contribution >= 0.6 is 0 Å². The minimum atomic E-state index is -2.77. The predicted octanol–water partition coefficient (Wildman–Crippen LogP) is 8.93. The molecule has 9 aromatic carbocycles. The van der Waals surface area contributed by atoms with Crippen LogP contribution in [0, 0.1) is 5.82 Å². The molecule has 3 heterocycles. The minimum absolute atomic E-state index is 0.00617. The van der Waals surface area contributed by atoms with Gasteiger partial charge >= 0.3 is 0 Å². The summed E-state index contributed by atoms with van der Waals surface area (Å²) in [5.41, 5.74) is 15.2. The first-order valence-electron chi connectivity index (χ1n) is 20.3. The molecule has 0 aliphatic carbocycles. The quantitative estimate of drug-likeness (QED) is 0.162. The summed E-state index contributed by atoms with van der Waals surface area (Å²) in [6.07, 6.45) is 0. The van der Waals surface area contributed by atoms with Crippen molar-refractivity contribution in [1.82, 2.24) is 0 Å². The van der Waals surface area contributed by atoms with Crippen molar-refractivity contribution < 1.29 is 4.39 Å². The van der Waals surface area contributed by atoms with Gasteiger partial charge in [0, 0.05) is 34.1 Å². The fraction of sp³-hybridized carbons (Fsp3) is 0. The molecule has 0 fully saturated rings. The van der Waals surface area contributed by atoms with Gasteiger partial charge < -0.3 is 9.80 Å². The lowest BCUT2D eigenvalue weighted by Crippen LogP contribution is -2.72. The van der Waals surface area contributed by atoms with E-state index in [2.05, 4.69) is 204 Å². The number of para-hydroxylation sites is 3. The Morgan fingerprint density at radius 3 is 1.51 bits per heavy atom. The number of anilines is 6. The van der Waals surface area contributed by atoms with Gasteiger partial charge in [-0.15, -0.1) is 0 Å². The lowest BCUT2D eigenvalue weighted by molar-refractivity contribution is 0.628. The molecule has 9 aromatic rings. The average molecular weight is 771 g/mol. The summed E-state index contributed by atoms with van der Waals surface area (Å²) in [4.78, 5) is 4.93. The van der Waals surface area contributed by atoms with Crippen molar-refractivity contribution >= 4 is 86.0 Å². The summed E-state index contributed by atoms with van der Waals surface area (Å²) >= 11 is 0. The summed E-state index contributed by atoms with van der Waals surface area (Å²) in [5.74, 6) is -0.243. The van der Waals surface area contributed by atoms with Crippen LogP contribution in [0.4, 0.5) is 38.5 Å². The van der Waals surface area contributed by atoms with E-state index in [1.807, 2.05) is 12.1 Å². The SMILES string of the molecule is Fc1ccc(-c2cc3c4c(c2)N(c2ccc5c(c2)[Si](c2ccccc2)(c2ccccc2)c2ccccc2-5)c2ccccc2B4c2ccccc2N3c2ccccc2)cc1. The molecule has 5 heteroatoms. The summed E-state index contributed by atoms with van der Waals surface area (Å²) in [7, 11) is -2.77. The Morgan fingerprint density at radius 1 is 0.373 bits per heavy atom. The molecule has 0 spiro atoms. The maximum atomic E-state index is 14.5. The highest BCUT2D eigenvalue weighted by atomic mass is 28.3. The van der Waals surface area contributed by atoms with E-state index in [0.717, 1.165) is 39.6 Å². The van der Waals surface area contributed by atoms with Gasteiger partial charge in [0.05, 0.1) is 0 Å². The second-order valence-corrected chi connectivity index (χ2v) is 19.5. The van der Waals surface area contributed by atoms with E-state index >= 15 is 0 Å². The summed E-state index contributed by atoms with van der Waals surface area (Å²) in [5, 5.41) is 5.57. The van der Waals surface area contributed by atoms with E-state index in [-0.39, 0.29) is 12.5 Å². The molecule has 0 aromatic heterocycles. The van der Waals surface area contributed by atoms with Crippen molar-refractivity contribution in [2.75, 3.05) is 9.80 Å². The molecule has 276 valence electrons. The van der Waals surface area contributed by atoms with Gasteiger partial charge in [-0.25, -0.2) is 4.39 Å². The monoisotopic (exact) mass is 770 g/mol. The first kappa shape index (κ1) is 33.9. The Kier molecular flexibility index (Phi) is 7.56. The zero-order valence-electron chi connectivity index (χ0n) is 32.1. The van der Waals surface area contributed by atoms with Crippen LogP contribution in [0.1, 0.15) is 0 Å². The standard InChI is InChI=1S/C54H36BFN2Si/c56-39-30-28-37(29-31-39)38-34-50-54-51(35-38)58(49-26-14-12-24-47(49)55(54)46-23-11-13-25-48(46)57(50)40-16-4-1-5-17-40)41-32-33-45-44-22-10-15-27-52(44)59(53(45)36-41,42-18-6-2-7-19-42)43-20-8-3-9-21-43/h1-36H. The second-order valence-electron chi connectivity index (χ2n) is 15.7. The summed E-state index contributed by atoms with van der Waals surface area (Å²) in [6.45, 7) is 0.00617. The largest absolute Gasteiger partial charge is 0.311 e. The van der Waals surface area contributed by atoms with E-state index in [9.17, 15) is 4.39 Å². The van der Waals surface area contributed by atoms with Crippen LogP contribution in [-0.4, -0.2) is 14.8 Å². The molecule has 0 unspecified atom stereocenters. The van der Waals surface area contributed by atoms with E-state index in [1.165, 1.54) is 53.9 Å². The number of rotatable bonds is 5. The Hall–Kier alpha value is -7.21. The van der Waals surface area contributed by atoms with Gasteiger partial charge in [0.15, 0.2) is 8.07 Å². The Labute approximate surface area is 345 Å². The molecule has 59 heavy (non-hydrogen) atoms. The van der Waals surface area contributed by atoms with Gasteiger partial charge in [-0.05, 0) is 120 Å². The van der Waals surface area contributed by atoms with Gasteiger partial charge in [-0.1, -0.05) is 158 Å². The maximum Gasteiger partial charge on any atom is 0.252 e. The topological polar surface area (TPSA) is 6.48 Å². The van der Waals surface area contributed by atoms with Crippen LogP contribution < -0.4 is 46.9 Å². The van der Waals surface area contributed by atoms with Crippen molar-refractivity contribution in [3.63, 3.8) is 0 Å². The van der Waals surface area contributed by atoms with Crippen LogP contribution in [-0.2, 0) is 0 Å². The first-order chi connectivity index (χ1) is 29.2. The number of nitrogens with zero attached hydrogens (tertiary/aromatic N) is 2. The number of fused-ring (bicyclic) bond motifs is 7. The molecule has 0 saturated carbocycles. The molecular weight excluding hydrogens is 735 g/mol. The molecule has 2 nitrogen and oxygen atoms in total. The van der Waals surface area contributed by atoms with Gasteiger partial charge in [0.2, 0.25) is 0 Å². The summed E-state index contributed by atoms with van der Waals surface area (Å²) in [6, 6.07) is 78.8. The van der Waals surface area contributed by atoms with Crippen LogP contribution in [0.5, 0.6) is 0 Å². The van der Waals surface area contributed by atoms with Gasteiger partial charge in [-0.2, -0.15) is 0 Å². The highest BCUT2D eigenvalue weighted by molar-refractivity contribution is 7.22. The van der Waals surface area contributed by atoms with Crippen LogP contribution in [0.2, 0.25) is 0 Å². The van der Waals surface area contributed by atoms with Crippen molar-refractivity contribution in [2.24, 2.45) is 0 Å². The third-order valence-corrected chi connectivity index (χ3v) is 17.6. The van der Waals surface area contributed by atoms with E-state index in [1.54, 1.807) is 12.1 Å². The van der Waals surface area contributed by atoms with Gasteiger partial charge in [0.1, 0.15) is 5.82 Å². The van der Waals surface area contributed by atoms with Crippen molar-refractivity contribution in [1.29, 1.82) is 0 Å². The fourth-order valence-electron chi connectivity index (χ4n) is 10.4. The highest BCUT2D eigenvalue weighted by Gasteiger charge is 2.49. The predicted molar refractivity (Wildman–Crippen MR) is 248 cm³/mol. The van der Waals surface area contributed by atoms with Gasteiger partial charge in [0.25, 0.3) is 6.71 Å². The third-order valence-electron chi connectivity index (χ3n) is 12.8. The minimum Gasteiger partial charge on any atom is -0.311 e. The Bertz CT molecular complexity index is 3040. The molecular formula is C54H36BFN2Si. The molecule has 12 rings (SSSR count). The van der Waals surface area contributed by atoms with Crippen molar-refractivity contribution in [3.8, 4) is 22.3 Å². The van der Waals surface area contributed by atoms with Crippen molar-refractivity contribution in [3.05, 3.63) is 224 Å². The van der Waals surface area contributed by atoms with Gasteiger partial charge in [-0.3, -0.25) is 0 Å². The van der Waals surface area contributed by atoms with E-state index < -0.39 is 8.07 Å². The van der Waals surface area contributed by atoms with Crippen LogP contribution in [0.15, 0.2) is 218 Å². The smallest absolute Gasteiger partial charge is 0.252 e. The number of benzene rings is 9. The van der Waals surface area contributed by atoms with Crippen LogP contribution in [0.3, 0.4) is 0 Å². The second kappa shape index (κ2) is 13.2. The average Bonchev–Trinajstić information content (AvgIpc) is 3.60. The lowest BCUT2D eigenvalue weighted by atomic mass is 9.33. The van der Waals surface area contributed by atoms with E-state index in [4.69, 9.17) is 0 Å². The number of hydrogen-bond donors (Lipinski definition) is 0. The zero-order chi connectivity index (χ0) is 39.1. The molecule has 0 bridgehead atoms. The normalized spacial score (nSPS) is 13.9. The molecule has 0 radical (unpaired) electrons. The molecule has 0 N–H and O–H groups in total. The lowest BCUT2D eigenvalue weighted by Gasteiger charge is -2.44. The molecule has 3 aliphatic heterocycles. The molecule has 0 amide bonds. The van der Waals surface area contributed by atoms with E-state index in [0.29, 0.717) is 0 Å². The summed E-state index contributed by atoms with van der Waals surface area (Å²) < 4.78 is 14.5.